The standard InChI is InChI=1S/C5H9N.C3H6O2/c1-2-4-3-5(4)6;1-2-5-3-4/h2,4-5H,1,3,6H2;3H,2H2,1H3. The van der Waals surface area contributed by atoms with E-state index in [2.05, 4.69) is 11.3 Å². The first kappa shape index (κ1) is 10.2. The van der Waals surface area contributed by atoms with E-state index >= 15 is 0 Å². The van der Waals surface area contributed by atoms with Crippen LogP contribution < -0.4 is 5.73 Å². The maximum absolute atomic E-state index is 9.18. The van der Waals surface area contributed by atoms with E-state index in [1.54, 1.807) is 6.92 Å². The van der Waals surface area contributed by atoms with Gasteiger partial charge in [-0.3, -0.25) is 4.79 Å². The van der Waals surface area contributed by atoms with Gasteiger partial charge in [0.25, 0.3) is 6.47 Å². The summed E-state index contributed by atoms with van der Waals surface area (Å²) in [6.07, 6.45) is 3.08. The van der Waals surface area contributed by atoms with Crippen LogP contribution in [0, 0.1) is 5.92 Å². The predicted octanol–water partition coefficient (Wildman–Crippen LogP) is 0.699. The molecular weight excluding hydrogens is 142 g/mol. The number of carbonyl (C=O) groups excluding carboxylic acids is 1. The minimum atomic E-state index is 0.431. The summed E-state index contributed by atoms with van der Waals surface area (Å²) in [4.78, 5) is 9.18. The average molecular weight is 157 g/mol. The monoisotopic (exact) mass is 157 g/mol. The van der Waals surface area contributed by atoms with Gasteiger partial charge in [0.05, 0.1) is 6.61 Å². The molecule has 2 unspecified atom stereocenters. The third-order valence-electron chi connectivity index (χ3n) is 1.43. The maximum atomic E-state index is 9.18. The Morgan fingerprint density at radius 2 is 2.36 bits per heavy atom. The van der Waals surface area contributed by atoms with Crippen molar-refractivity contribution >= 4 is 6.47 Å². The van der Waals surface area contributed by atoms with E-state index in [0.29, 0.717) is 25.0 Å². The fourth-order valence-corrected chi connectivity index (χ4v) is 0.575. The summed E-state index contributed by atoms with van der Waals surface area (Å²) >= 11 is 0. The van der Waals surface area contributed by atoms with Crippen LogP contribution in [0.1, 0.15) is 13.3 Å². The van der Waals surface area contributed by atoms with Gasteiger partial charge in [0, 0.05) is 6.04 Å². The molecule has 1 aliphatic carbocycles. The minimum absolute atomic E-state index is 0.431. The predicted molar refractivity (Wildman–Crippen MR) is 44.0 cm³/mol. The fraction of sp³-hybridized carbons (Fsp3) is 0.625. The highest BCUT2D eigenvalue weighted by atomic mass is 16.5. The molecule has 0 aliphatic heterocycles. The Balaban J connectivity index is 0.000000187. The third-order valence-corrected chi connectivity index (χ3v) is 1.43. The first-order valence-corrected chi connectivity index (χ1v) is 3.69. The fourth-order valence-electron chi connectivity index (χ4n) is 0.575. The van der Waals surface area contributed by atoms with E-state index in [0.717, 1.165) is 6.42 Å². The molecule has 3 nitrogen and oxygen atoms in total. The molecule has 0 heterocycles. The van der Waals surface area contributed by atoms with Crippen LogP contribution in [0.3, 0.4) is 0 Å². The molecule has 2 N–H and O–H groups in total. The minimum Gasteiger partial charge on any atom is -0.468 e. The molecule has 64 valence electrons. The highest BCUT2D eigenvalue weighted by Gasteiger charge is 2.29. The van der Waals surface area contributed by atoms with Crippen molar-refractivity contribution in [2.24, 2.45) is 11.7 Å². The van der Waals surface area contributed by atoms with Gasteiger partial charge in [0.1, 0.15) is 0 Å². The summed E-state index contributed by atoms with van der Waals surface area (Å²) in [6, 6.07) is 0.447. The number of hydrogen-bond acceptors (Lipinski definition) is 3. The van der Waals surface area contributed by atoms with Crippen molar-refractivity contribution in [3.63, 3.8) is 0 Å². The molecule has 2 atom stereocenters. The van der Waals surface area contributed by atoms with Gasteiger partial charge in [-0.05, 0) is 19.3 Å². The molecule has 1 rings (SSSR count). The molecular formula is C8H15NO2. The van der Waals surface area contributed by atoms with E-state index in [4.69, 9.17) is 5.73 Å². The van der Waals surface area contributed by atoms with Crippen LogP contribution in [0.5, 0.6) is 0 Å². The summed E-state index contributed by atoms with van der Waals surface area (Å²) in [5.74, 6) is 0.644. The number of carbonyl (C=O) groups is 1. The van der Waals surface area contributed by atoms with Crippen LogP contribution in [0.15, 0.2) is 12.7 Å². The van der Waals surface area contributed by atoms with E-state index in [1.807, 2.05) is 6.08 Å². The van der Waals surface area contributed by atoms with Crippen molar-refractivity contribution in [2.75, 3.05) is 6.61 Å². The van der Waals surface area contributed by atoms with Crippen LogP contribution in [0.2, 0.25) is 0 Å². The molecule has 0 bridgehead atoms. The third kappa shape index (κ3) is 5.61. The molecule has 0 aromatic rings. The summed E-state index contributed by atoms with van der Waals surface area (Å²) in [5, 5.41) is 0. The molecule has 0 radical (unpaired) electrons. The van der Waals surface area contributed by atoms with Crippen molar-refractivity contribution < 1.29 is 9.53 Å². The smallest absolute Gasteiger partial charge is 0.293 e. The SMILES string of the molecule is C=CC1CC1N.CCOC=O. The van der Waals surface area contributed by atoms with Crippen molar-refractivity contribution in [3.8, 4) is 0 Å². The van der Waals surface area contributed by atoms with E-state index < -0.39 is 0 Å². The lowest BCUT2D eigenvalue weighted by Crippen LogP contribution is -1.99. The quantitative estimate of drug-likeness (QED) is 0.484. The molecule has 0 spiro atoms. The van der Waals surface area contributed by atoms with E-state index in [1.165, 1.54) is 0 Å². The Hall–Kier alpha value is -0.830. The van der Waals surface area contributed by atoms with Crippen molar-refractivity contribution in [1.29, 1.82) is 0 Å². The Morgan fingerprint density at radius 1 is 1.82 bits per heavy atom. The summed E-state index contributed by atoms with van der Waals surface area (Å²) in [5.41, 5.74) is 5.41. The van der Waals surface area contributed by atoms with Gasteiger partial charge in [-0.2, -0.15) is 0 Å². The second-order valence-electron chi connectivity index (χ2n) is 2.35. The summed E-state index contributed by atoms with van der Waals surface area (Å²) < 4.78 is 4.15. The first-order chi connectivity index (χ1) is 5.26. The zero-order chi connectivity index (χ0) is 8.69. The van der Waals surface area contributed by atoms with E-state index in [-0.39, 0.29) is 0 Å². The summed E-state index contributed by atoms with van der Waals surface area (Å²) in [7, 11) is 0. The van der Waals surface area contributed by atoms with Gasteiger partial charge >= 0.3 is 0 Å². The second-order valence-corrected chi connectivity index (χ2v) is 2.35. The molecule has 3 heteroatoms. The average Bonchev–Trinajstić information content (AvgIpc) is 2.69. The Bertz CT molecular complexity index is 125. The number of rotatable bonds is 3. The highest BCUT2D eigenvalue weighted by molar-refractivity contribution is 5.36. The summed E-state index contributed by atoms with van der Waals surface area (Å²) in [6.45, 7) is 6.26. The largest absolute Gasteiger partial charge is 0.468 e. The Labute approximate surface area is 67.2 Å². The normalized spacial score (nSPS) is 26.0. The van der Waals surface area contributed by atoms with Crippen molar-refractivity contribution in [1.82, 2.24) is 0 Å². The highest BCUT2D eigenvalue weighted by Crippen LogP contribution is 2.27. The van der Waals surface area contributed by atoms with Gasteiger partial charge in [0.2, 0.25) is 0 Å². The van der Waals surface area contributed by atoms with Gasteiger partial charge in [0.15, 0.2) is 0 Å². The zero-order valence-corrected chi connectivity index (χ0v) is 6.82. The van der Waals surface area contributed by atoms with Crippen LogP contribution in [0.4, 0.5) is 0 Å². The lowest BCUT2D eigenvalue weighted by Gasteiger charge is -1.79. The number of nitrogens with two attached hydrogens (primary N) is 1. The topological polar surface area (TPSA) is 52.3 Å². The molecule has 11 heavy (non-hydrogen) atoms. The number of hydrogen-bond donors (Lipinski definition) is 1. The van der Waals surface area contributed by atoms with Gasteiger partial charge in [-0.1, -0.05) is 6.08 Å². The van der Waals surface area contributed by atoms with Gasteiger partial charge in [-0.25, -0.2) is 0 Å². The molecule has 0 aromatic heterocycles. The van der Waals surface area contributed by atoms with Crippen LogP contribution >= 0.6 is 0 Å². The van der Waals surface area contributed by atoms with Crippen molar-refractivity contribution in [2.45, 2.75) is 19.4 Å². The molecule has 0 amide bonds. The maximum Gasteiger partial charge on any atom is 0.293 e. The van der Waals surface area contributed by atoms with Gasteiger partial charge < -0.3 is 10.5 Å². The molecule has 1 aliphatic rings. The zero-order valence-electron chi connectivity index (χ0n) is 6.82. The molecule has 0 aromatic carbocycles. The lowest BCUT2D eigenvalue weighted by molar-refractivity contribution is -0.128. The molecule has 1 saturated carbocycles. The Kier molecular flexibility index (Phi) is 5.47. The van der Waals surface area contributed by atoms with Crippen molar-refractivity contribution in [3.05, 3.63) is 12.7 Å². The second kappa shape index (κ2) is 5.92. The van der Waals surface area contributed by atoms with Crippen LogP contribution in [-0.2, 0) is 9.53 Å². The number of ether oxygens (including phenoxy) is 1. The molecule has 0 saturated heterocycles. The van der Waals surface area contributed by atoms with Crippen LogP contribution in [0.25, 0.3) is 0 Å². The lowest BCUT2D eigenvalue weighted by atomic mass is 10.4. The molecule has 1 fully saturated rings. The first-order valence-electron chi connectivity index (χ1n) is 3.69. The van der Waals surface area contributed by atoms with E-state index in [9.17, 15) is 4.79 Å². The Morgan fingerprint density at radius 3 is 2.36 bits per heavy atom. The van der Waals surface area contributed by atoms with Crippen LogP contribution in [-0.4, -0.2) is 19.1 Å². The van der Waals surface area contributed by atoms with Gasteiger partial charge in [-0.15, -0.1) is 6.58 Å².